The van der Waals surface area contributed by atoms with E-state index in [1.807, 2.05) is 6.92 Å². The summed E-state index contributed by atoms with van der Waals surface area (Å²) >= 11 is 0. The van der Waals surface area contributed by atoms with Crippen LogP contribution in [0.15, 0.2) is 6.07 Å². The number of nitrogens with zero attached hydrogens (tertiary/aromatic N) is 2. The first-order valence-corrected chi connectivity index (χ1v) is 3.58. The average molecular weight is 152 g/mol. The van der Waals surface area contributed by atoms with E-state index in [1.54, 1.807) is 6.07 Å². The highest BCUT2D eigenvalue weighted by atomic mass is 15.0. The maximum Gasteiger partial charge on any atom is 0.144 e. The number of nitrogen functional groups attached to an aromatic ring is 1. The van der Waals surface area contributed by atoms with Crippen molar-refractivity contribution in [3.63, 3.8) is 0 Å². The third-order valence-electron chi connectivity index (χ3n) is 1.39. The number of aryl methyl sites for hydroxylation is 1. The van der Waals surface area contributed by atoms with Crippen LogP contribution >= 0.6 is 0 Å². The van der Waals surface area contributed by atoms with Gasteiger partial charge in [0.1, 0.15) is 11.6 Å². The molecule has 0 saturated heterocycles. The molecule has 0 aliphatic heterocycles. The minimum atomic E-state index is 0.345. The highest BCUT2D eigenvalue weighted by Gasteiger charge is 1.97. The van der Waals surface area contributed by atoms with Crippen LogP contribution in [0.4, 0.5) is 5.82 Å². The topological polar surface area (TPSA) is 77.8 Å². The molecule has 60 valence electrons. The van der Waals surface area contributed by atoms with Crippen LogP contribution in [0.1, 0.15) is 18.4 Å². The number of anilines is 1. The smallest absolute Gasteiger partial charge is 0.144 e. The van der Waals surface area contributed by atoms with E-state index in [0.717, 1.165) is 12.1 Å². The molecule has 1 heterocycles. The van der Waals surface area contributed by atoms with Crippen molar-refractivity contribution in [3.8, 4) is 0 Å². The Kier molecular flexibility index (Phi) is 2.38. The second-order valence-corrected chi connectivity index (χ2v) is 2.26. The van der Waals surface area contributed by atoms with Gasteiger partial charge in [0, 0.05) is 11.8 Å². The fourth-order valence-electron chi connectivity index (χ4n) is 0.847. The van der Waals surface area contributed by atoms with Crippen LogP contribution in [0.25, 0.3) is 0 Å². The second-order valence-electron chi connectivity index (χ2n) is 2.26. The molecular formula is C7H12N4. The molecule has 4 nitrogen and oxygen atoms in total. The molecular weight excluding hydrogens is 140 g/mol. The number of hydrogen-bond donors (Lipinski definition) is 2. The van der Waals surface area contributed by atoms with E-state index >= 15 is 0 Å². The zero-order valence-electron chi connectivity index (χ0n) is 6.54. The van der Waals surface area contributed by atoms with Crippen molar-refractivity contribution in [3.05, 3.63) is 17.6 Å². The highest BCUT2D eigenvalue weighted by molar-refractivity contribution is 5.29. The molecule has 0 aromatic carbocycles. The lowest BCUT2D eigenvalue weighted by molar-refractivity contribution is 0.872. The molecule has 0 radical (unpaired) electrons. The SMILES string of the molecule is CCc1cc(N)nc(CN)n1. The number of nitrogens with two attached hydrogens (primary N) is 2. The summed E-state index contributed by atoms with van der Waals surface area (Å²) in [4.78, 5) is 8.10. The quantitative estimate of drug-likeness (QED) is 0.629. The normalized spacial score (nSPS) is 10.0. The third kappa shape index (κ3) is 1.88. The largest absolute Gasteiger partial charge is 0.384 e. The molecule has 0 unspecified atom stereocenters. The predicted octanol–water partition coefficient (Wildman–Crippen LogP) is 0.0799. The molecule has 1 aromatic rings. The average Bonchev–Trinajstić information content (AvgIpc) is 2.03. The zero-order chi connectivity index (χ0) is 8.27. The molecule has 0 amide bonds. The van der Waals surface area contributed by atoms with Gasteiger partial charge in [-0.3, -0.25) is 0 Å². The lowest BCUT2D eigenvalue weighted by atomic mass is 10.3. The van der Waals surface area contributed by atoms with Gasteiger partial charge in [0.2, 0.25) is 0 Å². The van der Waals surface area contributed by atoms with Gasteiger partial charge >= 0.3 is 0 Å². The third-order valence-corrected chi connectivity index (χ3v) is 1.39. The predicted molar refractivity (Wildman–Crippen MR) is 43.7 cm³/mol. The van der Waals surface area contributed by atoms with Crippen LogP contribution in [0.2, 0.25) is 0 Å². The summed E-state index contributed by atoms with van der Waals surface area (Å²) in [5.74, 6) is 1.11. The van der Waals surface area contributed by atoms with Crippen LogP contribution in [0.5, 0.6) is 0 Å². The summed E-state index contributed by atoms with van der Waals surface area (Å²) < 4.78 is 0. The van der Waals surface area contributed by atoms with Gasteiger partial charge < -0.3 is 11.5 Å². The number of rotatable bonds is 2. The van der Waals surface area contributed by atoms with Crippen LogP contribution in [-0.2, 0) is 13.0 Å². The van der Waals surface area contributed by atoms with Crippen molar-refractivity contribution in [2.75, 3.05) is 5.73 Å². The Morgan fingerprint density at radius 1 is 1.45 bits per heavy atom. The molecule has 1 aromatic heterocycles. The van der Waals surface area contributed by atoms with E-state index < -0.39 is 0 Å². The molecule has 0 saturated carbocycles. The van der Waals surface area contributed by atoms with Crippen molar-refractivity contribution >= 4 is 5.82 Å². The molecule has 4 heteroatoms. The van der Waals surface area contributed by atoms with Crippen molar-refractivity contribution in [1.82, 2.24) is 9.97 Å². The van der Waals surface area contributed by atoms with Gasteiger partial charge in [0.25, 0.3) is 0 Å². The summed E-state index contributed by atoms with van der Waals surface area (Å²) in [6, 6.07) is 1.76. The maximum absolute atomic E-state index is 5.50. The standard InChI is InChI=1S/C7H12N4/c1-2-5-3-6(9)11-7(4-8)10-5/h3H,2,4,8H2,1H3,(H2,9,10,11). The summed E-state index contributed by atoms with van der Waals surface area (Å²) in [5, 5.41) is 0. The number of hydrogen-bond acceptors (Lipinski definition) is 4. The van der Waals surface area contributed by atoms with Gasteiger partial charge in [-0.25, -0.2) is 9.97 Å². The van der Waals surface area contributed by atoms with E-state index in [9.17, 15) is 0 Å². The lowest BCUT2D eigenvalue weighted by Gasteiger charge is -2.00. The van der Waals surface area contributed by atoms with Crippen molar-refractivity contribution in [2.24, 2.45) is 5.73 Å². The Labute approximate surface area is 65.6 Å². The van der Waals surface area contributed by atoms with E-state index in [4.69, 9.17) is 11.5 Å². The Hall–Kier alpha value is -1.16. The first-order chi connectivity index (χ1) is 5.26. The Bertz CT molecular complexity index is 224. The molecule has 0 bridgehead atoms. The summed E-state index contributed by atoms with van der Waals surface area (Å²) in [6.45, 7) is 2.36. The monoisotopic (exact) mass is 152 g/mol. The van der Waals surface area contributed by atoms with Gasteiger partial charge in [-0.1, -0.05) is 6.92 Å². The van der Waals surface area contributed by atoms with Crippen molar-refractivity contribution in [2.45, 2.75) is 19.9 Å². The van der Waals surface area contributed by atoms with Gasteiger partial charge in [-0.2, -0.15) is 0 Å². The minimum Gasteiger partial charge on any atom is -0.384 e. The Morgan fingerprint density at radius 3 is 2.73 bits per heavy atom. The van der Waals surface area contributed by atoms with Crippen LogP contribution < -0.4 is 11.5 Å². The van der Waals surface area contributed by atoms with E-state index in [2.05, 4.69) is 9.97 Å². The van der Waals surface area contributed by atoms with Gasteiger partial charge in [0.05, 0.1) is 6.54 Å². The van der Waals surface area contributed by atoms with E-state index in [-0.39, 0.29) is 0 Å². The van der Waals surface area contributed by atoms with Gasteiger partial charge in [-0.05, 0) is 6.42 Å². The highest BCUT2D eigenvalue weighted by Crippen LogP contribution is 2.02. The molecule has 0 fully saturated rings. The first kappa shape index (κ1) is 7.94. The fraction of sp³-hybridized carbons (Fsp3) is 0.429. The zero-order valence-corrected chi connectivity index (χ0v) is 6.54. The van der Waals surface area contributed by atoms with E-state index in [0.29, 0.717) is 18.2 Å². The van der Waals surface area contributed by atoms with Crippen molar-refractivity contribution < 1.29 is 0 Å². The van der Waals surface area contributed by atoms with Crippen molar-refractivity contribution in [1.29, 1.82) is 0 Å². The molecule has 4 N–H and O–H groups in total. The summed E-state index contributed by atoms with van der Waals surface area (Å²) in [5.41, 5.74) is 11.8. The molecule has 0 aliphatic carbocycles. The minimum absolute atomic E-state index is 0.345. The molecule has 11 heavy (non-hydrogen) atoms. The van der Waals surface area contributed by atoms with Crippen LogP contribution in [0, 0.1) is 0 Å². The Balaban J connectivity index is 3.02. The second kappa shape index (κ2) is 3.30. The van der Waals surface area contributed by atoms with Crippen LogP contribution in [0.3, 0.4) is 0 Å². The molecule has 1 rings (SSSR count). The van der Waals surface area contributed by atoms with Gasteiger partial charge in [-0.15, -0.1) is 0 Å². The lowest BCUT2D eigenvalue weighted by Crippen LogP contribution is -2.07. The summed E-state index contributed by atoms with van der Waals surface area (Å²) in [6.07, 6.45) is 0.861. The fourth-order valence-corrected chi connectivity index (χ4v) is 0.847. The summed E-state index contributed by atoms with van der Waals surface area (Å²) in [7, 11) is 0. The Morgan fingerprint density at radius 2 is 2.18 bits per heavy atom. The van der Waals surface area contributed by atoms with E-state index in [1.165, 1.54) is 0 Å². The molecule has 0 atom stereocenters. The molecule has 0 spiro atoms. The van der Waals surface area contributed by atoms with Crippen LogP contribution in [-0.4, -0.2) is 9.97 Å². The number of aromatic nitrogens is 2. The molecule has 0 aliphatic rings. The van der Waals surface area contributed by atoms with Gasteiger partial charge in [0.15, 0.2) is 0 Å². The first-order valence-electron chi connectivity index (χ1n) is 3.58. The maximum atomic E-state index is 5.50.